The summed E-state index contributed by atoms with van der Waals surface area (Å²) in [6.45, 7) is 2.58. The third-order valence-electron chi connectivity index (χ3n) is 4.31. The molecule has 10 heteroatoms. The highest BCUT2D eigenvalue weighted by molar-refractivity contribution is 5.62. The monoisotopic (exact) mass is 417 g/mol. The van der Waals surface area contributed by atoms with Gasteiger partial charge in [-0.3, -0.25) is 0 Å². The lowest BCUT2D eigenvalue weighted by atomic mass is 10.2. The molecule has 0 radical (unpaired) electrons. The van der Waals surface area contributed by atoms with Crippen molar-refractivity contribution in [3.8, 4) is 5.75 Å². The zero-order chi connectivity index (χ0) is 21.1. The van der Waals surface area contributed by atoms with Gasteiger partial charge in [0.15, 0.2) is 0 Å². The summed E-state index contributed by atoms with van der Waals surface area (Å²) >= 11 is 0. The second-order valence-electron chi connectivity index (χ2n) is 6.45. The SMILES string of the molecule is CCc1nc(C2=CN(c3ccc(OC(F)(F)F)cc3)NO2)nn1Cc1ccccc1. The van der Waals surface area contributed by atoms with E-state index in [0.29, 0.717) is 30.2 Å². The Morgan fingerprint density at radius 1 is 1.07 bits per heavy atom. The van der Waals surface area contributed by atoms with Gasteiger partial charge >= 0.3 is 6.36 Å². The molecule has 2 aromatic carbocycles. The van der Waals surface area contributed by atoms with Crippen LogP contribution < -0.4 is 15.3 Å². The second kappa shape index (κ2) is 8.07. The topological polar surface area (TPSA) is 64.4 Å². The Balaban J connectivity index is 1.51. The molecule has 156 valence electrons. The van der Waals surface area contributed by atoms with Gasteiger partial charge in [0.25, 0.3) is 0 Å². The number of benzene rings is 2. The van der Waals surface area contributed by atoms with E-state index in [4.69, 9.17) is 4.84 Å². The number of nitrogens with zero attached hydrogens (tertiary/aromatic N) is 4. The molecule has 0 aliphatic carbocycles. The summed E-state index contributed by atoms with van der Waals surface area (Å²) in [5.41, 5.74) is 4.33. The molecule has 3 aromatic rings. The summed E-state index contributed by atoms with van der Waals surface area (Å²) in [6, 6.07) is 15.3. The van der Waals surface area contributed by atoms with Crippen molar-refractivity contribution in [3.05, 3.63) is 78.0 Å². The first-order valence-electron chi connectivity index (χ1n) is 9.18. The molecule has 1 aliphatic rings. The van der Waals surface area contributed by atoms with Crippen LogP contribution in [-0.4, -0.2) is 21.1 Å². The van der Waals surface area contributed by atoms with E-state index in [1.54, 1.807) is 6.20 Å². The third-order valence-corrected chi connectivity index (χ3v) is 4.31. The molecule has 1 aromatic heterocycles. The number of aryl methyl sites for hydroxylation is 1. The van der Waals surface area contributed by atoms with Gasteiger partial charge in [0.2, 0.25) is 11.6 Å². The molecule has 0 saturated carbocycles. The van der Waals surface area contributed by atoms with Crippen LogP contribution in [0.5, 0.6) is 5.75 Å². The first-order chi connectivity index (χ1) is 14.4. The molecule has 1 aliphatic heterocycles. The summed E-state index contributed by atoms with van der Waals surface area (Å²) in [5, 5.41) is 6.05. The predicted molar refractivity (Wildman–Crippen MR) is 103 cm³/mol. The zero-order valence-electron chi connectivity index (χ0n) is 15.9. The van der Waals surface area contributed by atoms with Crippen molar-refractivity contribution in [2.45, 2.75) is 26.3 Å². The van der Waals surface area contributed by atoms with Crippen LogP contribution in [0.25, 0.3) is 5.76 Å². The van der Waals surface area contributed by atoms with E-state index in [1.807, 2.05) is 41.9 Å². The van der Waals surface area contributed by atoms with E-state index in [2.05, 4.69) is 20.4 Å². The van der Waals surface area contributed by atoms with E-state index in [9.17, 15) is 13.2 Å². The molecule has 0 spiro atoms. The van der Waals surface area contributed by atoms with Crippen LogP contribution >= 0.6 is 0 Å². The van der Waals surface area contributed by atoms with E-state index in [0.717, 1.165) is 11.4 Å². The van der Waals surface area contributed by atoms with E-state index in [-0.39, 0.29) is 5.75 Å². The maximum Gasteiger partial charge on any atom is 0.573 e. The Kier molecular flexibility index (Phi) is 5.32. The standard InChI is InChI=1S/C20H18F3N5O2/c1-2-18-24-19(25-28(18)12-14-6-4-3-5-7-14)17-13-27(26-30-17)15-8-10-16(11-9-15)29-20(21,22)23/h3-11,13,26H,2,12H2,1H3. The van der Waals surface area contributed by atoms with Gasteiger partial charge < -0.3 is 9.57 Å². The fourth-order valence-corrected chi connectivity index (χ4v) is 2.93. The molecule has 0 unspecified atom stereocenters. The molecule has 30 heavy (non-hydrogen) atoms. The molecular formula is C20H18F3N5O2. The van der Waals surface area contributed by atoms with Crippen LogP contribution in [0.2, 0.25) is 0 Å². The van der Waals surface area contributed by atoms with Gasteiger partial charge in [0.05, 0.1) is 18.4 Å². The number of halogens is 3. The number of nitrogens with one attached hydrogen (secondary N) is 1. The molecule has 1 N–H and O–H groups in total. The molecule has 0 saturated heterocycles. The fraction of sp³-hybridized carbons (Fsp3) is 0.200. The lowest BCUT2D eigenvalue weighted by Gasteiger charge is -2.14. The Morgan fingerprint density at radius 2 is 1.80 bits per heavy atom. The number of hydrogen-bond acceptors (Lipinski definition) is 6. The van der Waals surface area contributed by atoms with Crippen molar-refractivity contribution < 1.29 is 22.7 Å². The van der Waals surface area contributed by atoms with Gasteiger partial charge in [-0.1, -0.05) is 42.8 Å². The van der Waals surface area contributed by atoms with Gasteiger partial charge in [-0.25, -0.2) is 14.7 Å². The van der Waals surface area contributed by atoms with Crippen LogP contribution in [0.1, 0.15) is 24.1 Å². The Labute approximate surface area is 170 Å². The molecule has 2 heterocycles. The molecule has 0 bridgehead atoms. The molecule has 7 nitrogen and oxygen atoms in total. The predicted octanol–water partition coefficient (Wildman–Crippen LogP) is 4.04. The lowest BCUT2D eigenvalue weighted by molar-refractivity contribution is -0.274. The van der Waals surface area contributed by atoms with Crippen LogP contribution in [0, 0.1) is 0 Å². The number of aromatic nitrogens is 3. The normalized spacial score (nSPS) is 13.9. The largest absolute Gasteiger partial charge is 0.573 e. The summed E-state index contributed by atoms with van der Waals surface area (Å²) in [5.74, 6) is 1.32. The lowest BCUT2D eigenvalue weighted by Crippen LogP contribution is -2.27. The highest BCUT2D eigenvalue weighted by Crippen LogP contribution is 2.27. The first-order valence-corrected chi connectivity index (χ1v) is 9.18. The van der Waals surface area contributed by atoms with Crippen molar-refractivity contribution in [1.29, 1.82) is 0 Å². The molecule has 4 rings (SSSR count). The number of hydrazine groups is 1. The zero-order valence-corrected chi connectivity index (χ0v) is 15.9. The third kappa shape index (κ3) is 4.54. The summed E-state index contributed by atoms with van der Waals surface area (Å²) in [6.07, 6.45) is -2.41. The maximum atomic E-state index is 12.3. The molecular weight excluding hydrogens is 399 g/mol. The average Bonchev–Trinajstić information content (AvgIpc) is 3.35. The van der Waals surface area contributed by atoms with Crippen LogP contribution in [0.3, 0.4) is 0 Å². The summed E-state index contributed by atoms with van der Waals surface area (Å²) in [4.78, 5) is 10.0. The minimum atomic E-state index is -4.73. The maximum absolute atomic E-state index is 12.3. The number of rotatable bonds is 6. The molecule has 0 atom stereocenters. The van der Waals surface area contributed by atoms with Crippen molar-refractivity contribution in [3.63, 3.8) is 0 Å². The van der Waals surface area contributed by atoms with Crippen LogP contribution in [0.15, 0.2) is 60.8 Å². The van der Waals surface area contributed by atoms with Crippen molar-refractivity contribution >= 4 is 11.4 Å². The number of alkyl halides is 3. The smallest absolute Gasteiger partial charge is 0.406 e. The molecule has 0 fully saturated rings. The van der Waals surface area contributed by atoms with Gasteiger partial charge in [0, 0.05) is 6.42 Å². The number of hydrogen-bond donors (Lipinski definition) is 1. The van der Waals surface area contributed by atoms with Gasteiger partial charge in [-0.2, -0.15) is 0 Å². The van der Waals surface area contributed by atoms with E-state index >= 15 is 0 Å². The van der Waals surface area contributed by atoms with Gasteiger partial charge in [0.1, 0.15) is 11.6 Å². The summed E-state index contributed by atoms with van der Waals surface area (Å²) in [7, 11) is 0. The highest BCUT2D eigenvalue weighted by atomic mass is 19.4. The Morgan fingerprint density at radius 3 is 2.47 bits per heavy atom. The quantitative estimate of drug-likeness (QED) is 0.653. The number of ether oxygens (including phenoxy) is 1. The van der Waals surface area contributed by atoms with Crippen molar-refractivity contribution in [2.75, 3.05) is 5.01 Å². The molecule has 0 amide bonds. The first kappa shape index (κ1) is 19.8. The Bertz CT molecular complexity index is 1030. The minimum Gasteiger partial charge on any atom is -0.406 e. The van der Waals surface area contributed by atoms with Gasteiger partial charge in [-0.05, 0) is 29.8 Å². The summed E-state index contributed by atoms with van der Waals surface area (Å²) < 4.78 is 42.6. The van der Waals surface area contributed by atoms with Gasteiger partial charge in [-0.15, -0.1) is 18.3 Å². The van der Waals surface area contributed by atoms with Crippen LogP contribution in [-0.2, 0) is 17.8 Å². The highest BCUT2D eigenvalue weighted by Gasteiger charge is 2.31. The van der Waals surface area contributed by atoms with E-state index < -0.39 is 6.36 Å². The van der Waals surface area contributed by atoms with E-state index in [1.165, 1.54) is 29.3 Å². The minimum absolute atomic E-state index is 0.301. The fourth-order valence-electron chi connectivity index (χ4n) is 2.93. The van der Waals surface area contributed by atoms with Crippen LogP contribution in [0.4, 0.5) is 18.9 Å². The average molecular weight is 417 g/mol. The van der Waals surface area contributed by atoms with Crippen molar-refractivity contribution in [2.24, 2.45) is 0 Å². The van der Waals surface area contributed by atoms with Crippen molar-refractivity contribution in [1.82, 2.24) is 20.4 Å². The number of anilines is 1. The second-order valence-corrected chi connectivity index (χ2v) is 6.45. The Hall–Kier alpha value is -3.53.